The Balaban J connectivity index is 1.82. The number of halogens is 1. The van der Waals surface area contributed by atoms with Crippen LogP contribution in [0.4, 0.5) is 0 Å². The molecule has 1 aromatic heterocycles. The molecule has 1 atom stereocenters. The third kappa shape index (κ3) is 3.10. The van der Waals surface area contributed by atoms with Crippen molar-refractivity contribution in [2.75, 3.05) is 13.1 Å². The van der Waals surface area contributed by atoms with Gasteiger partial charge in [-0.2, -0.15) is 0 Å². The number of piperidine rings is 1. The van der Waals surface area contributed by atoms with E-state index in [9.17, 15) is 9.90 Å². The summed E-state index contributed by atoms with van der Waals surface area (Å²) < 4.78 is 0. The molecule has 2 aromatic rings. The highest BCUT2D eigenvalue weighted by Gasteiger charge is 2.24. The average molecular weight is 323 g/mol. The maximum atomic E-state index is 12.4. The number of β-amino-alcohol motifs (C(OH)–C–C–N with tert-alkyl or cyclic N) is 1. The molecule has 21 heavy (non-hydrogen) atoms. The number of benzene rings is 1. The van der Waals surface area contributed by atoms with Crippen LogP contribution in [0.2, 0.25) is 5.02 Å². The molecule has 3 rings (SSSR count). The van der Waals surface area contributed by atoms with Crippen LogP contribution in [0.1, 0.15) is 22.5 Å². The number of nitrogens with zero attached hydrogens (tertiary/aromatic N) is 2. The van der Waals surface area contributed by atoms with Gasteiger partial charge in [-0.25, -0.2) is 4.98 Å². The molecule has 0 spiro atoms. The lowest BCUT2D eigenvalue weighted by Gasteiger charge is -2.29. The SMILES string of the molecule is O=C(c1cnc(-c2ccccc2Cl)s1)N1CCCC(O)C1. The van der Waals surface area contributed by atoms with Crippen molar-refractivity contribution in [2.45, 2.75) is 18.9 Å². The van der Waals surface area contributed by atoms with Crippen LogP contribution in [0.5, 0.6) is 0 Å². The predicted octanol–water partition coefficient (Wildman–Crippen LogP) is 3.06. The van der Waals surface area contributed by atoms with Gasteiger partial charge in [0.15, 0.2) is 0 Å². The molecule has 0 radical (unpaired) electrons. The zero-order chi connectivity index (χ0) is 14.8. The van der Waals surface area contributed by atoms with Crippen LogP contribution in [-0.4, -0.2) is 40.1 Å². The lowest BCUT2D eigenvalue weighted by molar-refractivity contribution is 0.0477. The molecule has 4 nitrogen and oxygen atoms in total. The number of hydrogen-bond donors (Lipinski definition) is 1. The highest BCUT2D eigenvalue weighted by molar-refractivity contribution is 7.17. The third-order valence-electron chi connectivity index (χ3n) is 3.50. The summed E-state index contributed by atoms with van der Waals surface area (Å²) >= 11 is 7.49. The first kappa shape index (κ1) is 14.5. The van der Waals surface area contributed by atoms with E-state index in [4.69, 9.17) is 11.6 Å². The van der Waals surface area contributed by atoms with Gasteiger partial charge >= 0.3 is 0 Å². The first-order chi connectivity index (χ1) is 10.1. The molecule has 1 amide bonds. The number of aromatic nitrogens is 1. The number of rotatable bonds is 2. The number of carbonyl (C=O) groups is 1. The van der Waals surface area contributed by atoms with Gasteiger partial charge in [0.05, 0.1) is 17.3 Å². The molecule has 1 aromatic carbocycles. The molecule has 1 saturated heterocycles. The minimum absolute atomic E-state index is 0.0652. The molecule has 1 aliphatic rings. The van der Waals surface area contributed by atoms with Crippen LogP contribution in [0.15, 0.2) is 30.5 Å². The van der Waals surface area contributed by atoms with Crippen LogP contribution in [-0.2, 0) is 0 Å². The third-order valence-corrected chi connectivity index (χ3v) is 4.85. The highest BCUT2D eigenvalue weighted by atomic mass is 35.5. The van der Waals surface area contributed by atoms with E-state index >= 15 is 0 Å². The van der Waals surface area contributed by atoms with Crippen molar-refractivity contribution in [2.24, 2.45) is 0 Å². The second-order valence-corrected chi connectivity index (χ2v) is 6.49. The first-order valence-corrected chi connectivity index (χ1v) is 8.02. The quantitative estimate of drug-likeness (QED) is 0.924. The zero-order valence-electron chi connectivity index (χ0n) is 11.3. The molecule has 2 heterocycles. The lowest BCUT2D eigenvalue weighted by Crippen LogP contribution is -2.41. The van der Waals surface area contributed by atoms with E-state index in [1.807, 2.05) is 18.2 Å². The van der Waals surface area contributed by atoms with E-state index < -0.39 is 6.10 Å². The molecule has 110 valence electrons. The normalized spacial score (nSPS) is 18.8. The molecular weight excluding hydrogens is 308 g/mol. The van der Waals surface area contributed by atoms with Crippen LogP contribution < -0.4 is 0 Å². The van der Waals surface area contributed by atoms with Crippen molar-refractivity contribution in [1.29, 1.82) is 0 Å². The molecule has 0 aliphatic carbocycles. The number of carbonyl (C=O) groups excluding carboxylic acids is 1. The Hall–Kier alpha value is -1.43. The van der Waals surface area contributed by atoms with Crippen molar-refractivity contribution in [3.8, 4) is 10.6 Å². The highest BCUT2D eigenvalue weighted by Crippen LogP contribution is 2.31. The van der Waals surface area contributed by atoms with E-state index in [-0.39, 0.29) is 5.91 Å². The number of aliphatic hydroxyl groups is 1. The summed E-state index contributed by atoms with van der Waals surface area (Å²) in [4.78, 5) is 19.0. The maximum Gasteiger partial charge on any atom is 0.265 e. The topological polar surface area (TPSA) is 53.4 Å². The van der Waals surface area contributed by atoms with Crippen LogP contribution in [0.25, 0.3) is 10.6 Å². The Labute approximate surface area is 132 Å². The van der Waals surface area contributed by atoms with Gasteiger partial charge in [-0.05, 0) is 18.9 Å². The standard InChI is InChI=1S/C15H15ClN2O2S/c16-12-6-2-1-5-11(12)14-17-8-13(21-14)15(20)18-7-3-4-10(19)9-18/h1-2,5-6,8,10,19H,3-4,7,9H2. The number of likely N-dealkylation sites (tertiary alicyclic amines) is 1. The second-order valence-electron chi connectivity index (χ2n) is 5.06. The molecule has 1 unspecified atom stereocenters. The summed E-state index contributed by atoms with van der Waals surface area (Å²) in [5, 5.41) is 11.0. The number of thiazole rings is 1. The molecule has 0 saturated carbocycles. The molecule has 6 heteroatoms. The van der Waals surface area contributed by atoms with Gasteiger partial charge in [-0.3, -0.25) is 4.79 Å². The predicted molar refractivity (Wildman–Crippen MR) is 83.7 cm³/mol. The Bertz CT molecular complexity index is 659. The van der Waals surface area contributed by atoms with Crippen LogP contribution in [0, 0.1) is 0 Å². The summed E-state index contributed by atoms with van der Waals surface area (Å²) in [5.74, 6) is -0.0652. The van der Waals surface area contributed by atoms with Gasteiger partial charge in [0.25, 0.3) is 5.91 Å². The van der Waals surface area contributed by atoms with Gasteiger partial charge < -0.3 is 10.0 Å². The van der Waals surface area contributed by atoms with Crippen molar-refractivity contribution < 1.29 is 9.90 Å². The van der Waals surface area contributed by atoms with E-state index in [0.29, 0.717) is 23.0 Å². The molecule has 1 N–H and O–H groups in total. The fourth-order valence-electron chi connectivity index (χ4n) is 2.43. The summed E-state index contributed by atoms with van der Waals surface area (Å²) in [7, 11) is 0. The second kappa shape index (κ2) is 6.13. The summed E-state index contributed by atoms with van der Waals surface area (Å²) in [6.07, 6.45) is 2.77. The van der Waals surface area contributed by atoms with Crippen molar-refractivity contribution in [1.82, 2.24) is 9.88 Å². The lowest BCUT2D eigenvalue weighted by atomic mass is 10.1. The fourth-order valence-corrected chi connectivity index (χ4v) is 3.63. The monoisotopic (exact) mass is 322 g/mol. The number of hydrogen-bond acceptors (Lipinski definition) is 4. The largest absolute Gasteiger partial charge is 0.391 e. The maximum absolute atomic E-state index is 12.4. The summed E-state index contributed by atoms with van der Waals surface area (Å²) in [5.41, 5.74) is 0.835. The smallest absolute Gasteiger partial charge is 0.265 e. The first-order valence-electron chi connectivity index (χ1n) is 6.83. The van der Waals surface area contributed by atoms with Crippen LogP contribution >= 0.6 is 22.9 Å². The molecular formula is C15H15ClN2O2S. The Kier molecular flexibility index (Phi) is 4.24. The number of aliphatic hydroxyl groups excluding tert-OH is 1. The Morgan fingerprint density at radius 2 is 2.24 bits per heavy atom. The zero-order valence-corrected chi connectivity index (χ0v) is 12.9. The minimum Gasteiger partial charge on any atom is -0.391 e. The summed E-state index contributed by atoms with van der Waals surface area (Å²) in [6.45, 7) is 1.09. The van der Waals surface area contributed by atoms with Crippen molar-refractivity contribution >= 4 is 28.8 Å². The van der Waals surface area contributed by atoms with Gasteiger partial charge in [0.2, 0.25) is 0 Å². The molecule has 0 bridgehead atoms. The molecule has 1 fully saturated rings. The minimum atomic E-state index is -0.418. The van der Waals surface area contributed by atoms with Crippen molar-refractivity contribution in [3.05, 3.63) is 40.4 Å². The van der Waals surface area contributed by atoms with E-state index in [1.165, 1.54) is 11.3 Å². The van der Waals surface area contributed by atoms with Gasteiger partial charge in [-0.1, -0.05) is 29.8 Å². The van der Waals surface area contributed by atoms with E-state index in [0.717, 1.165) is 23.4 Å². The molecule has 1 aliphatic heterocycles. The average Bonchev–Trinajstić information content (AvgIpc) is 2.96. The Morgan fingerprint density at radius 3 is 3.00 bits per heavy atom. The van der Waals surface area contributed by atoms with E-state index in [2.05, 4.69) is 4.98 Å². The fraction of sp³-hybridized carbons (Fsp3) is 0.333. The van der Waals surface area contributed by atoms with Crippen LogP contribution in [0.3, 0.4) is 0 Å². The van der Waals surface area contributed by atoms with Gasteiger partial charge in [-0.15, -0.1) is 11.3 Å². The Morgan fingerprint density at radius 1 is 1.43 bits per heavy atom. The van der Waals surface area contributed by atoms with Gasteiger partial charge in [0.1, 0.15) is 9.88 Å². The summed E-state index contributed by atoms with van der Waals surface area (Å²) in [6, 6.07) is 7.45. The van der Waals surface area contributed by atoms with Crippen molar-refractivity contribution in [3.63, 3.8) is 0 Å². The number of amides is 1. The van der Waals surface area contributed by atoms with E-state index in [1.54, 1.807) is 17.2 Å². The van der Waals surface area contributed by atoms with Gasteiger partial charge in [0, 0.05) is 18.7 Å².